The molecule has 2 aromatic carbocycles. The van der Waals surface area contributed by atoms with Crippen LogP contribution in [-0.4, -0.2) is 14.2 Å². The van der Waals surface area contributed by atoms with E-state index in [1.165, 1.54) is 42.5 Å². The van der Waals surface area contributed by atoms with Crippen molar-refractivity contribution in [2.45, 2.75) is 11.8 Å². The summed E-state index contributed by atoms with van der Waals surface area (Å²) in [4.78, 5) is 12.8. The van der Waals surface area contributed by atoms with Gasteiger partial charge in [0.25, 0.3) is 0 Å². The van der Waals surface area contributed by atoms with Gasteiger partial charge in [-0.05, 0) is 11.6 Å². The van der Waals surface area contributed by atoms with Crippen molar-refractivity contribution in [3.8, 4) is 0 Å². The Hall–Kier alpha value is -2.22. The lowest BCUT2D eigenvalue weighted by Gasteiger charge is -2.12. The number of carbonyl (C=O) groups is 1. The molecule has 0 radical (unpaired) electrons. The highest BCUT2D eigenvalue weighted by Gasteiger charge is 2.40. The molecule has 0 saturated carbocycles. The molecule has 9 heteroatoms. The molecular formula is C17H13Cl2NO5S. The summed E-state index contributed by atoms with van der Waals surface area (Å²) >= 11 is 12.0. The maximum absolute atomic E-state index is 12.8. The molecule has 0 spiro atoms. The molecule has 0 aromatic heterocycles. The Bertz CT molecular complexity index is 1130. The fraction of sp³-hybridized carbons (Fsp3) is 0.118. The van der Waals surface area contributed by atoms with E-state index in [2.05, 4.69) is 0 Å². The number of halogens is 2. The Labute approximate surface area is 164 Å². The number of hydrogen-bond acceptors (Lipinski definition) is 6. The van der Waals surface area contributed by atoms with Crippen LogP contribution in [0, 0.1) is 0 Å². The van der Waals surface area contributed by atoms with Crippen molar-refractivity contribution < 1.29 is 26.2 Å². The minimum atomic E-state index is -5.06. The number of benzene rings is 2. The first kappa shape index (κ1) is 14.9. The Morgan fingerprint density at radius 2 is 1.88 bits per heavy atom. The number of rotatable bonds is 5. The van der Waals surface area contributed by atoms with Gasteiger partial charge in [-0.1, -0.05) is 65.7 Å². The van der Waals surface area contributed by atoms with E-state index < -0.39 is 39.3 Å². The number of carbonyl (C=O) groups excluding carboxylic acids is 1. The average Bonchev–Trinajstić information content (AvgIpc) is 2.88. The minimum absolute atomic E-state index is 0.0353. The van der Waals surface area contributed by atoms with Gasteiger partial charge in [0.05, 0.1) is 14.2 Å². The Morgan fingerprint density at radius 1 is 1.19 bits per heavy atom. The van der Waals surface area contributed by atoms with E-state index in [0.29, 0.717) is 0 Å². The van der Waals surface area contributed by atoms with E-state index in [1.807, 2.05) is 0 Å². The summed E-state index contributed by atoms with van der Waals surface area (Å²) in [5.74, 6) is -3.09. The Kier molecular flexibility index (Phi) is 4.12. The van der Waals surface area contributed by atoms with Crippen molar-refractivity contribution in [3.63, 3.8) is 0 Å². The maximum atomic E-state index is 12.8. The molecule has 3 rings (SSSR count). The second-order valence-electron chi connectivity index (χ2n) is 5.06. The second kappa shape index (κ2) is 7.19. The number of ketones is 1. The number of hydrogen-bond donors (Lipinski definition) is 1. The highest BCUT2D eigenvalue weighted by Crippen LogP contribution is 2.38. The summed E-state index contributed by atoms with van der Waals surface area (Å²) in [5.41, 5.74) is 2.18. The van der Waals surface area contributed by atoms with Crippen LogP contribution in [0.2, 0.25) is 10.0 Å². The third-order valence-electron chi connectivity index (χ3n) is 3.25. The minimum Gasteiger partial charge on any atom is -0.460 e. The quantitative estimate of drug-likeness (QED) is 0.750. The SMILES string of the molecule is [2H]C([2H])(c1ccccc1)S(=O)(=O)OC1=C(N)O[C@@]([2H])(c2cccc(Cl)c2Cl)C1=O. The summed E-state index contributed by atoms with van der Waals surface area (Å²) in [6.45, 7) is 0. The zero-order valence-corrected chi connectivity index (χ0v) is 15.2. The monoisotopic (exact) mass is 416 g/mol. The van der Waals surface area contributed by atoms with Gasteiger partial charge in [-0.15, -0.1) is 0 Å². The van der Waals surface area contributed by atoms with Crippen LogP contribution in [0.1, 0.15) is 21.3 Å². The predicted molar refractivity (Wildman–Crippen MR) is 96.7 cm³/mol. The molecule has 1 aliphatic rings. The van der Waals surface area contributed by atoms with Crippen molar-refractivity contribution in [3.05, 3.63) is 81.3 Å². The van der Waals surface area contributed by atoms with E-state index in [1.54, 1.807) is 6.07 Å². The highest BCUT2D eigenvalue weighted by molar-refractivity contribution is 7.86. The first-order chi connectivity index (χ1) is 13.4. The number of ether oxygens (including phenoxy) is 1. The van der Waals surface area contributed by atoms with Gasteiger partial charge in [0, 0.05) is 5.56 Å². The van der Waals surface area contributed by atoms with Crippen LogP contribution in [0.25, 0.3) is 0 Å². The second-order valence-corrected chi connectivity index (χ2v) is 7.12. The zero-order valence-electron chi connectivity index (χ0n) is 15.9. The molecule has 136 valence electrons. The molecule has 2 N–H and O–H groups in total. The molecule has 0 aliphatic carbocycles. The molecular weight excluding hydrogens is 401 g/mol. The van der Waals surface area contributed by atoms with Crippen LogP contribution in [-0.2, 0) is 29.5 Å². The predicted octanol–water partition coefficient (Wildman–Crippen LogP) is 3.31. The van der Waals surface area contributed by atoms with Gasteiger partial charge in [0.2, 0.25) is 17.4 Å². The standard InChI is InChI=1S/C17H13Cl2NO5S/c18-12-8-4-7-11(13(12)19)15-14(21)16(17(20)24-15)25-26(22,23)9-10-5-2-1-3-6-10/h1-8,15H,9,20H2/t15-/m0/s1/i9D2,15D. The molecule has 26 heavy (non-hydrogen) atoms. The Balaban J connectivity index is 1.97. The number of nitrogens with two attached hydrogens (primary N) is 1. The molecule has 0 bridgehead atoms. The van der Waals surface area contributed by atoms with E-state index in [-0.39, 0.29) is 21.2 Å². The van der Waals surface area contributed by atoms with Crippen molar-refractivity contribution >= 4 is 39.1 Å². The third kappa shape index (κ3) is 3.80. The van der Waals surface area contributed by atoms with Crippen LogP contribution in [0.4, 0.5) is 0 Å². The first-order valence-electron chi connectivity index (χ1n) is 8.59. The lowest BCUT2D eigenvalue weighted by molar-refractivity contribution is -0.123. The molecule has 1 heterocycles. The lowest BCUT2D eigenvalue weighted by Crippen LogP contribution is -2.16. The van der Waals surface area contributed by atoms with Gasteiger partial charge in [0.1, 0.15) is 5.70 Å². The molecule has 1 atom stereocenters. The van der Waals surface area contributed by atoms with Gasteiger partial charge in [0.15, 0.2) is 6.08 Å². The van der Waals surface area contributed by atoms with Gasteiger partial charge in [-0.3, -0.25) is 4.79 Å². The molecule has 0 amide bonds. The van der Waals surface area contributed by atoms with Gasteiger partial charge in [-0.2, -0.15) is 8.42 Å². The summed E-state index contributed by atoms with van der Waals surface area (Å²) in [6, 6.07) is 11.1. The molecule has 0 unspecified atom stereocenters. The summed E-state index contributed by atoms with van der Waals surface area (Å²) in [7, 11) is -5.06. The van der Waals surface area contributed by atoms with Crippen molar-refractivity contribution in [2.24, 2.45) is 5.73 Å². The lowest BCUT2D eigenvalue weighted by atomic mass is 10.1. The normalized spacial score (nSPS) is 22.4. The van der Waals surface area contributed by atoms with Crippen LogP contribution in [0.5, 0.6) is 0 Å². The summed E-state index contributed by atoms with van der Waals surface area (Å²) in [5, 5.41) is -0.123. The molecule has 0 saturated heterocycles. The van der Waals surface area contributed by atoms with Crippen molar-refractivity contribution in [2.75, 3.05) is 0 Å². The zero-order chi connectivity index (χ0) is 21.6. The fourth-order valence-electron chi connectivity index (χ4n) is 2.13. The van der Waals surface area contributed by atoms with Crippen LogP contribution in [0.15, 0.2) is 60.2 Å². The largest absolute Gasteiger partial charge is 0.460 e. The van der Waals surface area contributed by atoms with Crippen LogP contribution in [0.3, 0.4) is 0 Å². The fourth-order valence-corrected chi connectivity index (χ4v) is 3.36. The summed E-state index contributed by atoms with van der Waals surface area (Å²) in [6.07, 6.45) is -2.55. The topological polar surface area (TPSA) is 95.7 Å². The van der Waals surface area contributed by atoms with E-state index in [9.17, 15) is 13.2 Å². The third-order valence-corrected chi connectivity index (χ3v) is 4.94. The molecule has 1 aliphatic heterocycles. The van der Waals surface area contributed by atoms with Crippen molar-refractivity contribution in [1.29, 1.82) is 0 Å². The van der Waals surface area contributed by atoms with Crippen LogP contribution >= 0.6 is 23.2 Å². The van der Waals surface area contributed by atoms with E-state index >= 15 is 0 Å². The van der Waals surface area contributed by atoms with Crippen molar-refractivity contribution in [1.82, 2.24) is 0 Å². The maximum Gasteiger partial charge on any atom is 0.313 e. The van der Waals surface area contributed by atoms with Gasteiger partial charge >= 0.3 is 10.1 Å². The first-order valence-corrected chi connectivity index (χ1v) is 9.26. The van der Waals surface area contributed by atoms with E-state index in [0.717, 1.165) is 0 Å². The van der Waals surface area contributed by atoms with Gasteiger partial charge < -0.3 is 14.7 Å². The molecule has 2 aromatic rings. The Morgan fingerprint density at radius 3 is 2.58 bits per heavy atom. The average molecular weight is 417 g/mol. The number of Topliss-reactive ketones (excluding diaryl/α,β-unsaturated/α-hetero) is 1. The molecule has 6 nitrogen and oxygen atoms in total. The molecule has 0 fully saturated rings. The smallest absolute Gasteiger partial charge is 0.313 e. The summed E-state index contributed by atoms with van der Waals surface area (Å²) < 4.78 is 59.2. The van der Waals surface area contributed by atoms with Crippen LogP contribution < -0.4 is 5.73 Å². The van der Waals surface area contributed by atoms with E-state index in [4.69, 9.17) is 42.0 Å². The van der Waals surface area contributed by atoms with Gasteiger partial charge in [-0.25, -0.2) is 0 Å². The highest BCUT2D eigenvalue weighted by atomic mass is 35.5.